The average molecular weight is 224 g/mol. The van der Waals surface area contributed by atoms with Crippen molar-refractivity contribution in [3.63, 3.8) is 0 Å². The first-order valence-corrected chi connectivity index (χ1v) is 6.77. The molecule has 1 amide bonds. The van der Waals surface area contributed by atoms with Gasteiger partial charge in [0.05, 0.1) is 6.54 Å². The summed E-state index contributed by atoms with van der Waals surface area (Å²) < 4.78 is 0. The second kappa shape index (κ2) is 5.67. The largest absolute Gasteiger partial charge is 0.353 e. The predicted octanol–water partition coefficient (Wildman–Crippen LogP) is 1.82. The minimum atomic E-state index is 0.167. The number of amides is 1. The Labute approximate surface area is 98.4 Å². The third kappa shape index (κ3) is 4.12. The van der Waals surface area contributed by atoms with E-state index in [9.17, 15) is 4.79 Å². The van der Waals surface area contributed by atoms with E-state index in [4.69, 9.17) is 0 Å². The summed E-state index contributed by atoms with van der Waals surface area (Å²) in [6, 6.07) is 0.940. The molecule has 1 atom stereocenters. The van der Waals surface area contributed by atoms with Gasteiger partial charge in [-0.15, -0.1) is 0 Å². The van der Waals surface area contributed by atoms with Crippen LogP contribution in [0.5, 0.6) is 0 Å². The first-order valence-electron chi connectivity index (χ1n) is 6.77. The molecule has 2 fully saturated rings. The zero-order chi connectivity index (χ0) is 11.4. The molecule has 0 aromatic carbocycles. The minimum absolute atomic E-state index is 0.167. The van der Waals surface area contributed by atoms with Crippen LogP contribution in [0.1, 0.15) is 51.9 Å². The SMILES string of the molecule is CC(CC1CC1)NC(=O)CNC1CCCC1. The van der Waals surface area contributed by atoms with Gasteiger partial charge in [0.2, 0.25) is 5.91 Å². The van der Waals surface area contributed by atoms with Crippen molar-refractivity contribution in [2.24, 2.45) is 5.92 Å². The fourth-order valence-electron chi connectivity index (χ4n) is 2.61. The van der Waals surface area contributed by atoms with Gasteiger partial charge < -0.3 is 10.6 Å². The highest BCUT2D eigenvalue weighted by Gasteiger charge is 2.24. The van der Waals surface area contributed by atoms with Crippen LogP contribution in [-0.2, 0) is 4.79 Å². The summed E-state index contributed by atoms with van der Waals surface area (Å²) in [7, 11) is 0. The molecule has 0 heterocycles. The third-order valence-corrected chi connectivity index (χ3v) is 3.70. The lowest BCUT2D eigenvalue weighted by Gasteiger charge is -2.15. The van der Waals surface area contributed by atoms with E-state index in [1.807, 2.05) is 0 Å². The molecular weight excluding hydrogens is 200 g/mol. The Morgan fingerprint density at radius 1 is 1.25 bits per heavy atom. The molecule has 2 rings (SSSR count). The fraction of sp³-hybridized carbons (Fsp3) is 0.923. The zero-order valence-corrected chi connectivity index (χ0v) is 10.3. The molecule has 92 valence electrons. The van der Waals surface area contributed by atoms with Crippen LogP contribution in [0, 0.1) is 5.92 Å². The van der Waals surface area contributed by atoms with Crippen LogP contribution in [0.15, 0.2) is 0 Å². The van der Waals surface area contributed by atoms with Crippen LogP contribution in [-0.4, -0.2) is 24.5 Å². The number of carbonyl (C=O) groups excluding carboxylic acids is 1. The minimum Gasteiger partial charge on any atom is -0.353 e. The van der Waals surface area contributed by atoms with Gasteiger partial charge in [0.1, 0.15) is 0 Å². The molecule has 0 aromatic rings. The second-order valence-electron chi connectivity index (χ2n) is 5.51. The molecule has 3 heteroatoms. The molecule has 0 aliphatic heterocycles. The number of hydrogen-bond donors (Lipinski definition) is 2. The summed E-state index contributed by atoms with van der Waals surface area (Å²) in [5.41, 5.74) is 0. The highest BCUT2D eigenvalue weighted by atomic mass is 16.1. The molecule has 0 aromatic heterocycles. The van der Waals surface area contributed by atoms with E-state index in [1.165, 1.54) is 38.5 Å². The van der Waals surface area contributed by atoms with Crippen LogP contribution < -0.4 is 10.6 Å². The molecule has 2 aliphatic rings. The molecule has 2 aliphatic carbocycles. The number of nitrogens with one attached hydrogen (secondary N) is 2. The lowest BCUT2D eigenvalue weighted by atomic mass is 10.1. The quantitative estimate of drug-likeness (QED) is 0.722. The molecule has 0 radical (unpaired) electrons. The van der Waals surface area contributed by atoms with Crippen molar-refractivity contribution in [3.8, 4) is 0 Å². The maximum Gasteiger partial charge on any atom is 0.234 e. The van der Waals surface area contributed by atoms with Gasteiger partial charge in [0.15, 0.2) is 0 Å². The highest BCUT2D eigenvalue weighted by molar-refractivity contribution is 5.78. The fourth-order valence-corrected chi connectivity index (χ4v) is 2.61. The predicted molar refractivity (Wildman–Crippen MR) is 65.2 cm³/mol. The van der Waals surface area contributed by atoms with E-state index in [2.05, 4.69) is 17.6 Å². The van der Waals surface area contributed by atoms with Gasteiger partial charge >= 0.3 is 0 Å². The van der Waals surface area contributed by atoms with Crippen molar-refractivity contribution in [2.75, 3.05) is 6.54 Å². The lowest BCUT2D eigenvalue weighted by molar-refractivity contribution is -0.121. The molecule has 0 bridgehead atoms. The zero-order valence-electron chi connectivity index (χ0n) is 10.3. The maximum atomic E-state index is 11.6. The monoisotopic (exact) mass is 224 g/mol. The van der Waals surface area contributed by atoms with Gasteiger partial charge in [0.25, 0.3) is 0 Å². The van der Waals surface area contributed by atoms with E-state index >= 15 is 0 Å². The van der Waals surface area contributed by atoms with Crippen LogP contribution in [0.25, 0.3) is 0 Å². The van der Waals surface area contributed by atoms with Gasteiger partial charge in [-0.3, -0.25) is 4.79 Å². The topological polar surface area (TPSA) is 41.1 Å². The Kier molecular flexibility index (Phi) is 4.22. The Morgan fingerprint density at radius 2 is 1.94 bits per heavy atom. The van der Waals surface area contributed by atoms with E-state index in [0.717, 1.165) is 12.3 Å². The number of hydrogen-bond acceptors (Lipinski definition) is 2. The molecule has 2 saturated carbocycles. The van der Waals surface area contributed by atoms with Crippen LogP contribution in [0.2, 0.25) is 0 Å². The molecule has 2 N–H and O–H groups in total. The van der Waals surface area contributed by atoms with Crippen molar-refractivity contribution in [1.82, 2.24) is 10.6 Å². The smallest absolute Gasteiger partial charge is 0.234 e. The standard InChI is InChI=1S/C13H24N2O/c1-10(8-11-6-7-11)15-13(16)9-14-12-4-2-3-5-12/h10-12,14H,2-9H2,1H3,(H,15,16). The Morgan fingerprint density at radius 3 is 2.56 bits per heavy atom. The third-order valence-electron chi connectivity index (χ3n) is 3.70. The summed E-state index contributed by atoms with van der Waals surface area (Å²) in [6.07, 6.45) is 9.00. The van der Waals surface area contributed by atoms with Gasteiger partial charge in [-0.25, -0.2) is 0 Å². The maximum absolute atomic E-state index is 11.6. The molecular formula is C13H24N2O. The Hall–Kier alpha value is -0.570. The molecule has 1 unspecified atom stereocenters. The molecule has 0 spiro atoms. The van der Waals surface area contributed by atoms with E-state index in [0.29, 0.717) is 18.6 Å². The molecule has 3 nitrogen and oxygen atoms in total. The van der Waals surface area contributed by atoms with Crippen molar-refractivity contribution < 1.29 is 4.79 Å². The average Bonchev–Trinajstić information content (AvgIpc) is 2.89. The van der Waals surface area contributed by atoms with Crippen LogP contribution in [0.3, 0.4) is 0 Å². The first kappa shape index (κ1) is 11.9. The summed E-state index contributed by atoms with van der Waals surface area (Å²) in [6.45, 7) is 2.62. The second-order valence-corrected chi connectivity index (χ2v) is 5.51. The van der Waals surface area contributed by atoms with Crippen LogP contribution >= 0.6 is 0 Å². The summed E-state index contributed by atoms with van der Waals surface area (Å²) in [5.74, 6) is 1.05. The normalized spacial score (nSPS) is 23.3. The lowest BCUT2D eigenvalue weighted by Crippen LogP contribution is -2.41. The van der Waals surface area contributed by atoms with E-state index in [-0.39, 0.29) is 5.91 Å². The molecule has 0 saturated heterocycles. The van der Waals surface area contributed by atoms with Crippen LogP contribution in [0.4, 0.5) is 0 Å². The van der Waals surface area contributed by atoms with Gasteiger partial charge in [-0.05, 0) is 32.1 Å². The summed E-state index contributed by atoms with van der Waals surface area (Å²) >= 11 is 0. The number of rotatable bonds is 6. The van der Waals surface area contributed by atoms with Crippen molar-refractivity contribution in [3.05, 3.63) is 0 Å². The van der Waals surface area contributed by atoms with E-state index < -0.39 is 0 Å². The summed E-state index contributed by atoms with van der Waals surface area (Å²) in [4.78, 5) is 11.6. The molecule has 16 heavy (non-hydrogen) atoms. The van der Waals surface area contributed by atoms with Gasteiger partial charge in [-0.1, -0.05) is 25.7 Å². The van der Waals surface area contributed by atoms with Gasteiger partial charge in [-0.2, -0.15) is 0 Å². The first-order chi connectivity index (χ1) is 7.74. The Balaban J connectivity index is 1.55. The van der Waals surface area contributed by atoms with Gasteiger partial charge in [0, 0.05) is 12.1 Å². The van der Waals surface area contributed by atoms with Crippen molar-refractivity contribution in [2.45, 2.75) is 64.0 Å². The van der Waals surface area contributed by atoms with Crippen molar-refractivity contribution in [1.29, 1.82) is 0 Å². The number of carbonyl (C=O) groups is 1. The van der Waals surface area contributed by atoms with E-state index in [1.54, 1.807) is 0 Å². The van der Waals surface area contributed by atoms with Crippen molar-refractivity contribution >= 4 is 5.91 Å². The Bertz CT molecular complexity index is 232. The summed E-state index contributed by atoms with van der Waals surface area (Å²) in [5, 5.41) is 6.42. The highest BCUT2D eigenvalue weighted by Crippen LogP contribution is 2.33.